The number of rotatable bonds is 3. The van der Waals surface area contributed by atoms with Gasteiger partial charge in [0.05, 0.1) is 12.3 Å². The number of ether oxygens (including phenoxy) is 1. The molecule has 0 spiro atoms. The van der Waals surface area contributed by atoms with Crippen molar-refractivity contribution < 1.29 is 4.74 Å². The highest BCUT2D eigenvalue weighted by Crippen LogP contribution is 2.25. The summed E-state index contributed by atoms with van der Waals surface area (Å²) >= 11 is 0. The number of nitrogens with zero attached hydrogens (tertiary/aromatic N) is 2. The summed E-state index contributed by atoms with van der Waals surface area (Å²) in [6.07, 6.45) is 0. The fourth-order valence-corrected chi connectivity index (χ4v) is 1.83. The molecular weight excluding hydrogens is 254 g/mol. The topological polar surface area (TPSA) is 112 Å². The third kappa shape index (κ3) is 3.38. The minimum Gasteiger partial charge on any atom is -0.494 e. The molecule has 2 aromatic carbocycles. The van der Waals surface area contributed by atoms with Gasteiger partial charge in [0, 0.05) is 0 Å². The smallest absolute Gasteiger partial charge is 0.223 e. The van der Waals surface area contributed by atoms with E-state index in [1.54, 1.807) is 0 Å². The van der Waals surface area contributed by atoms with Crippen LogP contribution in [0.5, 0.6) is 5.75 Å². The normalized spacial score (nSPS) is 11.3. The Hall–Kier alpha value is -2.76. The summed E-state index contributed by atoms with van der Waals surface area (Å²) < 4.78 is 5.46. The maximum Gasteiger partial charge on any atom is 0.223 e. The number of hydrogen-bond acceptors (Lipinski definition) is 2. The molecule has 0 bridgehead atoms. The van der Waals surface area contributed by atoms with E-state index in [1.807, 2.05) is 43.3 Å². The summed E-state index contributed by atoms with van der Waals surface area (Å²) in [7, 11) is 0. The van der Waals surface area contributed by atoms with Gasteiger partial charge in [-0.1, -0.05) is 12.1 Å². The zero-order valence-electron chi connectivity index (χ0n) is 11.2. The molecule has 0 atom stereocenters. The number of guanidine groups is 2. The molecule has 6 nitrogen and oxygen atoms in total. The Balaban J connectivity index is 2.35. The van der Waals surface area contributed by atoms with Crippen LogP contribution >= 0.6 is 0 Å². The average Bonchev–Trinajstić information content (AvgIpc) is 2.38. The van der Waals surface area contributed by atoms with Gasteiger partial charge in [-0.15, -0.1) is 0 Å². The Morgan fingerprint density at radius 1 is 1.05 bits per heavy atom. The molecule has 0 amide bonds. The van der Waals surface area contributed by atoms with Crippen molar-refractivity contribution in [1.29, 1.82) is 0 Å². The summed E-state index contributed by atoms with van der Waals surface area (Å²) in [5, 5.41) is 2.10. The van der Waals surface area contributed by atoms with Crippen molar-refractivity contribution in [1.82, 2.24) is 0 Å². The summed E-state index contributed by atoms with van der Waals surface area (Å²) in [5.41, 5.74) is 16.8. The minimum absolute atomic E-state index is 0.0234. The van der Waals surface area contributed by atoms with Crippen LogP contribution in [-0.2, 0) is 0 Å². The van der Waals surface area contributed by atoms with Gasteiger partial charge < -0.3 is 21.9 Å². The first-order valence-corrected chi connectivity index (χ1v) is 6.19. The quantitative estimate of drug-likeness (QED) is 0.579. The summed E-state index contributed by atoms with van der Waals surface area (Å²) in [4.78, 5) is 7.79. The van der Waals surface area contributed by atoms with Crippen molar-refractivity contribution in [3.63, 3.8) is 0 Å². The summed E-state index contributed by atoms with van der Waals surface area (Å²) in [6.45, 7) is 2.59. The van der Waals surface area contributed by atoms with Crippen LogP contribution in [0.1, 0.15) is 6.92 Å². The van der Waals surface area contributed by atoms with Gasteiger partial charge in [-0.3, -0.25) is 0 Å². The maximum absolute atomic E-state index is 5.60. The first kappa shape index (κ1) is 13.7. The molecule has 0 heterocycles. The predicted molar refractivity (Wildman–Crippen MR) is 82.2 cm³/mol. The van der Waals surface area contributed by atoms with Gasteiger partial charge in [0.2, 0.25) is 5.96 Å². The standard InChI is InChI=1S/C14H17N5O/c1-2-20-12-6-4-9-7-11(5-3-10(9)8-12)18-14(17)19-13(15)16/h3-8H,2H2,1H3,(H6,15,16,17,18,19). The van der Waals surface area contributed by atoms with Gasteiger partial charge in [-0.25, -0.2) is 4.99 Å². The van der Waals surface area contributed by atoms with Crippen LogP contribution in [0.25, 0.3) is 10.8 Å². The monoisotopic (exact) mass is 271 g/mol. The molecule has 0 aliphatic heterocycles. The van der Waals surface area contributed by atoms with E-state index in [2.05, 4.69) is 9.98 Å². The van der Waals surface area contributed by atoms with E-state index in [4.69, 9.17) is 21.9 Å². The van der Waals surface area contributed by atoms with Crippen LogP contribution in [0.3, 0.4) is 0 Å². The van der Waals surface area contributed by atoms with E-state index in [0.29, 0.717) is 12.3 Å². The van der Waals surface area contributed by atoms with Crippen LogP contribution < -0.4 is 21.9 Å². The molecule has 0 saturated heterocycles. The zero-order chi connectivity index (χ0) is 14.5. The van der Waals surface area contributed by atoms with Crippen LogP contribution in [0, 0.1) is 0 Å². The molecule has 2 aromatic rings. The first-order chi connectivity index (χ1) is 9.58. The second-order valence-corrected chi connectivity index (χ2v) is 4.13. The van der Waals surface area contributed by atoms with Crippen molar-refractivity contribution in [2.45, 2.75) is 6.92 Å². The molecule has 0 aliphatic carbocycles. The molecule has 0 radical (unpaired) electrons. The SMILES string of the molecule is CCOc1ccc2cc(N=C(N)N=C(N)N)ccc2c1. The average molecular weight is 271 g/mol. The van der Waals surface area contributed by atoms with E-state index in [-0.39, 0.29) is 11.9 Å². The lowest BCUT2D eigenvalue weighted by molar-refractivity contribution is 0.341. The Bertz CT molecular complexity index is 674. The lowest BCUT2D eigenvalue weighted by atomic mass is 10.1. The Morgan fingerprint density at radius 2 is 1.75 bits per heavy atom. The number of benzene rings is 2. The second-order valence-electron chi connectivity index (χ2n) is 4.13. The fraction of sp³-hybridized carbons (Fsp3) is 0.143. The number of fused-ring (bicyclic) bond motifs is 1. The summed E-state index contributed by atoms with van der Waals surface area (Å²) in [5.74, 6) is 0.750. The van der Waals surface area contributed by atoms with E-state index >= 15 is 0 Å². The Labute approximate surface area is 116 Å². The van der Waals surface area contributed by atoms with Crippen molar-refractivity contribution >= 4 is 28.4 Å². The molecule has 2 rings (SSSR count). The second kappa shape index (κ2) is 5.92. The highest BCUT2D eigenvalue weighted by molar-refractivity contribution is 5.94. The molecule has 0 aliphatic rings. The molecule has 0 fully saturated rings. The third-order valence-electron chi connectivity index (χ3n) is 2.59. The van der Waals surface area contributed by atoms with Crippen LogP contribution in [0.2, 0.25) is 0 Å². The van der Waals surface area contributed by atoms with Gasteiger partial charge in [-0.2, -0.15) is 4.99 Å². The molecule has 0 aromatic heterocycles. The predicted octanol–water partition coefficient (Wildman–Crippen LogP) is 1.46. The van der Waals surface area contributed by atoms with E-state index in [9.17, 15) is 0 Å². The fourth-order valence-electron chi connectivity index (χ4n) is 1.83. The molecular formula is C14H17N5O. The largest absolute Gasteiger partial charge is 0.494 e. The molecule has 0 unspecified atom stereocenters. The molecule has 6 heteroatoms. The lowest BCUT2D eigenvalue weighted by Crippen LogP contribution is -2.26. The van der Waals surface area contributed by atoms with Crippen molar-refractivity contribution in [3.8, 4) is 5.75 Å². The van der Waals surface area contributed by atoms with Crippen LogP contribution in [0.4, 0.5) is 5.69 Å². The Kier molecular flexibility index (Phi) is 4.05. The summed E-state index contributed by atoms with van der Waals surface area (Å²) in [6, 6.07) is 11.5. The molecule has 20 heavy (non-hydrogen) atoms. The zero-order valence-corrected chi connectivity index (χ0v) is 11.2. The van der Waals surface area contributed by atoms with E-state index < -0.39 is 0 Å². The van der Waals surface area contributed by atoms with E-state index in [0.717, 1.165) is 16.5 Å². The number of aliphatic imine (C=N–C) groups is 2. The molecule has 6 N–H and O–H groups in total. The third-order valence-corrected chi connectivity index (χ3v) is 2.59. The van der Waals surface area contributed by atoms with Gasteiger partial charge in [0.25, 0.3) is 0 Å². The Morgan fingerprint density at radius 3 is 2.45 bits per heavy atom. The number of hydrogen-bond donors (Lipinski definition) is 3. The highest BCUT2D eigenvalue weighted by atomic mass is 16.5. The highest BCUT2D eigenvalue weighted by Gasteiger charge is 1.99. The maximum atomic E-state index is 5.60. The van der Waals surface area contributed by atoms with Gasteiger partial charge in [-0.05, 0) is 42.0 Å². The molecule has 104 valence electrons. The van der Waals surface area contributed by atoms with Gasteiger partial charge in [0.1, 0.15) is 5.75 Å². The van der Waals surface area contributed by atoms with Crippen LogP contribution in [0.15, 0.2) is 46.4 Å². The van der Waals surface area contributed by atoms with E-state index in [1.165, 1.54) is 0 Å². The molecule has 0 saturated carbocycles. The van der Waals surface area contributed by atoms with Gasteiger partial charge in [0.15, 0.2) is 5.96 Å². The number of nitrogens with two attached hydrogens (primary N) is 3. The van der Waals surface area contributed by atoms with Gasteiger partial charge >= 0.3 is 0 Å². The van der Waals surface area contributed by atoms with Crippen molar-refractivity contribution in [3.05, 3.63) is 36.4 Å². The van der Waals surface area contributed by atoms with Crippen LogP contribution in [-0.4, -0.2) is 18.5 Å². The first-order valence-electron chi connectivity index (χ1n) is 6.19. The van der Waals surface area contributed by atoms with Crippen molar-refractivity contribution in [2.24, 2.45) is 27.2 Å². The lowest BCUT2D eigenvalue weighted by Gasteiger charge is -2.05. The van der Waals surface area contributed by atoms with Crippen molar-refractivity contribution in [2.75, 3.05) is 6.61 Å². The minimum atomic E-state index is -0.117.